The van der Waals surface area contributed by atoms with Crippen LogP contribution in [0.25, 0.3) is 0 Å². The Balaban J connectivity index is 1.40. The molecule has 3 aliphatic rings. The van der Waals surface area contributed by atoms with Crippen molar-refractivity contribution < 1.29 is 53.4 Å². The van der Waals surface area contributed by atoms with E-state index in [1.807, 2.05) is 0 Å². The molecule has 0 saturated carbocycles. The van der Waals surface area contributed by atoms with Gasteiger partial charge in [-0.15, -0.1) is 0 Å². The number of benzene rings is 3. The van der Waals surface area contributed by atoms with Crippen molar-refractivity contribution >= 4 is 35.2 Å². The van der Waals surface area contributed by atoms with Gasteiger partial charge in [0.15, 0.2) is 29.3 Å². The number of carbonyl (C=O) groups is 3. The highest BCUT2D eigenvalue weighted by atomic mass is 32.1. The second kappa shape index (κ2) is 14.0. The summed E-state index contributed by atoms with van der Waals surface area (Å²) in [7, 11) is 1.63. The number of nitrogens with zero attached hydrogens (tertiary/aromatic N) is 2. The zero-order chi connectivity index (χ0) is 34.0. The average Bonchev–Trinajstić information content (AvgIpc) is 3.66. The van der Waals surface area contributed by atoms with Gasteiger partial charge in [0.1, 0.15) is 31.0 Å². The topological polar surface area (TPSA) is 165 Å². The molecule has 0 radical (unpaired) electrons. The minimum atomic E-state index is -1.77. The monoisotopic (exact) mass is 678 g/mol. The molecule has 3 heterocycles. The molecule has 6 rings (SSSR count). The molecular weight excluding hydrogens is 644 g/mol. The fourth-order valence-corrected chi connectivity index (χ4v) is 6.49. The normalized spacial score (nSPS) is 29.7. The van der Waals surface area contributed by atoms with Crippen LogP contribution in [-0.4, -0.2) is 124 Å². The SMILES string of the molecule is CN1C[C@@]2(O[C@H](CO)[C@@H](O)[C@@H]2O)N([C@@H]2O[C@H](COC(=O)c3ccccc3)[C@@H](OC(=O)c3ccccc3)[C@H]2OC(=O)c2ccccc2)C1=S. The molecule has 252 valence electrons. The summed E-state index contributed by atoms with van der Waals surface area (Å²) in [6.07, 6.45) is -9.72. The Kier molecular flexibility index (Phi) is 9.73. The van der Waals surface area contributed by atoms with E-state index in [2.05, 4.69) is 0 Å². The first-order valence-electron chi connectivity index (χ1n) is 15.2. The summed E-state index contributed by atoms with van der Waals surface area (Å²) in [4.78, 5) is 42.9. The molecule has 14 heteroatoms. The van der Waals surface area contributed by atoms with Crippen LogP contribution in [-0.2, 0) is 23.7 Å². The maximum absolute atomic E-state index is 13.6. The van der Waals surface area contributed by atoms with Crippen molar-refractivity contribution in [2.45, 2.75) is 48.6 Å². The van der Waals surface area contributed by atoms with Crippen molar-refractivity contribution in [3.63, 3.8) is 0 Å². The highest BCUT2D eigenvalue weighted by Gasteiger charge is 2.67. The Labute approximate surface area is 281 Å². The van der Waals surface area contributed by atoms with E-state index in [1.54, 1.807) is 103 Å². The first-order chi connectivity index (χ1) is 23.1. The molecule has 3 aliphatic heterocycles. The van der Waals surface area contributed by atoms with E-state index in [0.29, 0.717) is 0 Å². The molecule has 1 spiro atoms. The van der Waals surface area contributed by atoms with Crippen LogP contribution in [0.4, 0.5) is 0 Å². The number of thiocarbonyl (C=S) groups is 1. The highest BCUT2D eigenvalue weighted by Crippen LogP contribution is 2.44. The molecule has 3 N–H and O–H groups in total. The number of likely N-dealkylation sites (N-methyl/N-ethyl adjacent to an activating group) is 1. The summed E-state index contributed by atoms with van der Waals surface area (Å²) in [6, 6.07) is 24.5. The van der Waals surface area contributed by atoms with E-state index in [1.165, 1.54) is 4.90 Å². The summed E-state index contributed by atoms with van der Waals surface area (Å²) in [5.41, 5.74) is -1.12. The molecule has 0 amide bonds. The van der Waals surface area contributed by atoms with Crippen molar-refractivity contribution in [1.29, 1.82) is 0 Å². The maximum atomic E-state index is 13.6. The molecule has 3 saturated heterocycles. The van der Waals surface area contributed by atoms with E-state index in [-0.39, 0.29) is 28.3 Å². The van der Waals surface area contributed by atoms with Crippen molar-refractivity contribution in [1.82, 2.24) is 9.80 Å². The van der Waals surface area contributed by atoms with Crippen molar-refractivity contribution in [3.8, 4) is 0 Å². The van der Waals surface area contributed by atoms with Gasteiger partial charge in [0.25, 0.3) is 0 Å². The molecule has 0 unspecified atom stereocenters. The molecule has 0 bridgehead atoms. The predicted molar refractivity (Wildman–Crippen MR) is 170 cm³/mol. The van der Waals surface area contributed by atoms with Crippen LogP contribution in [0.1, 0.15) is 31.1 Å². The quantitative estimate of drug-likeness (QED) is 0.169. The lowest BCUT2D eigenvalue weighted by atomic mass is 10.0. The van der Waals surface area contributed by atoms with E-state index >= 15 is 0 Å². The third-order valence-corrected chi connectivity index (χ3v) is 9.05. The fourth-order valence-electron chi connectivity index (χ4n) is 6.17. The fraction of sp³-hybridized carbons (Fsp3) is 0.353. The number of ether oxygens (including phenoxy) is 5. The van der Waals surface area contributed by atoms with Gasteiger partial charge in [-0.3, -0.25) is 4.90 Å². The van der Waals surface area contributed by atoms with Gasteiger partial charge in [-0.25, -0.2) is 14.4 Å². The zero-order valence-electron chi connectivity index (χ0n) is 25.7. The van der Waals surface area contributed by atoms with Gasteiger partial charge in [-0.05, 0) is 48.6 Å². The van der Waals surface area contributed by atoms with Gasteiger partial charge < -0.3 is 43.9 Å². The molecular formula is C34H34N2O11S. The minimum absolute atomic E-state index is 0.0676. The van der Waals surface area contributed by atoms with Crippen LogP contribution >= 0.6 is 12.2 Å². The van der Waals surface area contributed by atoms with Crippen LogP contribution < -0.4 is 0 Å². The highest BCUT2D eigenvalue weighted by molar-refractivity contribution is 7.80. The number of aliphatic hydroxyl groups excluding tert-OH is 3. The van der Waals surface area contributed by atoms with Crippen LogP contribution in [0.3, 0.4) is 0 Å². The van der Waals surface area contributed by atoms with Crippen molar-refractivity contribution in [3.05, 3.63) is 108 Å². The molecule has 0 aliphatic carbocycles. The van der Waals surface area contributed by atoms with E-state index in [4.69, 9.17) is 35.9 Å². The summed E-state index contributed by atoms with van der Waals surface area (Å²) in [5, 5.41) is 32.2. The Morgan fingerprint density at radius 3 is 1.81 bits per heavy atom. The molecule has 13 nitrogen and oxygen atoms in total. The first kappa shape index (κ1) is 33.5. The first-order valence-corrected chi connectivity index (χ1v) is 15.6. The van der Waals surface area contributed by atoms with Crippen LogP contribution in [0, 0.1) is 0 Å². The largest absolute Gasteiger partial charge is 0.459 e. The number of hydrogen-bond acceptors (Lipinski definition) is 12. The summed E-state index contributed by atoms with van der Waals surface area (Å²) in [5.74, 6) is -2.23. The van der Waals surface area contributed by atoms with Crippen LogP contribution in [0.5, 0.6) is 0 Å². The van der Waals surface area contributed by atoms with Crippen molar-refractivity contribution in [2.24, 2.45) is 0 Å². The summed E-state index contributed by atoms with van der Waals surface area (Å²) < 4.78 is 30.2. The molecule has 8 atom stereocenters. The molecule has 48 heavy (non-hydrogen) atoms. The van der Waals surface area contributed by atoms with E-state index < -0.39 is 79.7 Å². The lowest BCUT2D eigenvalue weighted by molar-refractivity contribution is -0.205. The smallest absolute Gasteiger partial charge is 0.338 e. The number of aliphatic hydroxyl groups is 3. The van der Waals surface area contributed by atoms with Gasteiger partial charge in [-0.2, -0.15) is 0 Å². The van der Waals surface area contributed by atoms with E-state index in [9.17, 15) is 29.7 Å². The van der Waals surface area contributed by atoms with Gasteiger partial charge in [0.2, 0.25) is 0 Å². The lowest BCUT2D eigenvalue weighted by Gasteiger charge is -2.41. The van der Waals surface area contributed by atoms with Gasteiger partial charge in [-0.1, -0.05) is 54.6 Å². The third kappa shape index (κ3) is 6.25. The second-order valence-electron chi connectivity index (χ2n) is 11.6. The maximum Gasteiger partial charge on any atom is 0.338 e. The molecule has 3 aromatic carbocycles. The van der Waals surface area contributed by atoms with Crippen LogP contribution in [0.2, 0.25) is 0 Å². The zero-order valence-corrected chi connectivity index (χ0v) is 26.5. The number of esters is 3. The third-order valence-electron chi connectivity index (χ3n) is 8.54. The minimum Gasteiger partial charge on any atom is -0.459 e. The van der Waals surface area contributed by atoms with Crippen molar-refractivity contribution in [2.75, 3.05) is 26.8 Å². The summed E-state index contributed by atoms with van der Waals surface area (Å²) >= 11 is 5.75. The van der Waals surface area contributed by atoms with E-state index in [0.717, 1.165) is 0 Å². The lowest BCUT2D eigenvalue weighted by Crippen LogP contribution is -2.62. The van der Waals surface area contributed by atoms with Gasteiger partial charge >= 0.3 is 17.9 Å². The number of rotatable bonds is 9. The molecule has 3 aromatic rings. The van der Waals surface area contributed by atoms with Gasteiger partial charge in [0, 0.05) is 7.05 Å². The summed E-state index contributed by atoms with van der Waals surface area (Å²) in [6.45, 7) is -1.12. The standard InChI is InChI=1S/C34H34N2O11S/c1-35-19-34(28(39)25(38)23(17-37)47-34)36(33(35)48)29-27(46-32(42)22-15-9-4-10-16-22)26(45-31(41)21-13-7-3-8-14-21)24(44-29)18-43-30(40)20-11-5-2-6-12-20/h2-16,23-29,37-39H,17-19H2,1H3/t23-,24-,25-,26-,27-,28+,29-,34+/m1/s1. The Hall–Kier alpha value is -4.44. The Bertz CT molecular complexity index is 1630. The molecule has 0 aromatic heterocycles. The van der Waals surface area contributed by atoms with Crippen LogP contribution in [0.15, 0.2) is 91.0 Å². The number of hydrogen-bond donors (Lipinski definition) is 3. The van der Waals surface area contributed by atoms with Gasteiger partial charge in [0.05, 0.1) is 29.8 Å². The average molecular weight is 679 g/mol. The predicted octanol–water partition coefficient (Wildman–Crippen LogP) is 1.36. The second-order valence-corrected chi connectivity index (χ2v) is 12.0. The molecule has 3 fully saturated rings. The Morgan fingerprint density at radius 2 is 1.31 bits per heavy atom. The Morgan fingerprint density at radius 1 is 0.812 bits per heavy atom. The number of carbonyl (C=O) groups excluding carboxylic acids is 3.